The summed E-state index contributed by atoms with van der Waals surface area (Å²) >= 11 is 0. The molecule has 2 aromatic rings. The van der Waals surface area contributed by atoms with Gasteiger partial charge in [-0.25, -0.2) is 13.6 Å². The first-order valence-electron chi connectivity index (χ1n) is 6.21. The first kappa shape index (κ1) is 14.8. The number of carbonyl (C=O) groups is 1. The zero-order valence-corrected chi connectivity index (χ0v) is 11.2. The molecule has 0 aromatic heterocycles. The van der Waals surface area contributed by atoms with Crippen LogP contribution in [0.2, 0.25) is 0 Å². The van der Waals surface area contributed by atoms with Crippen LogP contribution in [0.3, 0.4) is 0 Å². The second-order valence-electron chi connectivity index (χ2n) is 4.12. The lowest BCUT2D eigenvalue weighted by atomic mass is 10.1. The Bertz CT molecular complexity index is 674. The molecule has 0 amide bonds. The maximum atomic E-state index is 13.8. The van der Waals surface area contributed by atoms with Crippen LogP contribution in [0.4, 0.5) is 14.5 Å². The second kappa shape index (κ2) is 6.21. The number of carbonyl (C=O) groups excluding carboxylic acids is 1. The number of nitrogen functional groups attached to an aromatic ring is 1. The van der Waals surface area contributed by atoms with Crippen molar-refractivity contribution in [3.8, 4) is 11.5 Å². The van der Waals surface area contributed by atoms with Crippen LogP contribution in [0, 0.1) is 11.6 Å². The Balaban J connectivity index is 2.38. The molecule has 0 fully saturated rings. The summed E-state index contributed by atoms with van der Waals surface area (Å²) in [6, 6.07) is 7.56. The standard InChI is InChI=1S/C15H13F2NO3/c1-2-20-15(19)9-7-14(11(17)8-12(9)18)21-13-6-4-3-5-10(13)16/h3-8H,2,18H2,1H3. The van der Waals surface area contributed by atoms with Gasteiger partial charge in [0.25, 0.3) is 0 Å². The average Bonchev–Trinajstić information content (AvgIpc) is 2.44. The van der Waals surface area contributed by atoms with Gasteiger partial charge in [0, 0.05) is 17.8 Å². The zero-order valence-electron chi connectivity index (χ0n) is 11.2. The molecule has 0 heterocycles. The fraction of sp³-hybridized carbons (Fsp3) is 0.133. The van der Waals surface area contributed by atoms with Gasteiger partial charge >= 0.3 is 5.97 Å². The topological polar surface area (TPSA) is 61.5 Å². The number of ether oxygens (including phenoxy) is 2. The molecule has 0 spiro atoms. The highest BCUT2D eigenvalue weighted by Gasteiger charge is 2.17. The molecule has 0 atom stereocenters. The number of halogens is 2. The highest BCUT2D eigenvalue weighted by Crippen LogP contribution is 2.30. The van der Waals surface area contributed by atoms with Crippen LogP contribution < -0.4 is 10.5 Å². The van der Waals surface area contributed by atoms with Crippen molar-refractivity contribution in [3.05, 3.63) is 53.6 Å². The first-order valence-corrected chi connectivity index (χ1v) is 6.21. The lowest BCUT2D eigenvalue weighted by Crippen LogP contribution is -2.09. The van der Waals surface area contributed by atoms with E-state index in [1.54, 1.807) is 13.0 Å². The number of benzene rings is 2. The summed E-state index contributed by atoms with van der Waals surface area (Å²) in [5, 5.41) is 0. The Labute approximate surface area is 120 Å². The van der Waals surface area contributed by atoms with Crippen LogP contribution in [0.1, 0.15) is 17.3 Å². The van der Waals surface area contributed by atoms with Crippen molar-refractivity contribution in [1.29, 1.82) is 0 Å². The van der Waals surface area contributed by atoms with Crippen molar-refractivity contribution in [1.82, 2.24) is 0 Å². The molecule has 2 N–H and O–H groups in total. The first-order chi connectivity index (χ1) is 10.0. The summed E-state index contributed by atoms with van der Waals surface area (Å²) in [6.45, 7) is 1.79. The summed E-state index contributed by atoms with van der Waals surface area (Å²) in [5.41, 5.74) is 5.46. The minimum atomic E-state index is -0.802. The van der Waals surface area contributed by atoms with Crippen LogP contribution >= 0.6 is 0 Å². The molecule has 21 heavy (non-hydrogen) atoms. The largest absolute Gasteiger partial charge is 0.462 e. The third kappa shape index (κ3) is 3.28. The number of nitrogens with two attached hydrogens (primary N) is 1. The predicted octanol–water partition coefficient (Wildman–Crippen LogP) is 3.52. The summed E-state index contributed by atoms with van der Waals surface area (Å²) in [4.78, 5) is 11.7. The normalized spacial score (nSPS) is 10.2. The smallest absolute Gasteiger partial charge is 0.340 e. The highest BCUT2D eigenvalue weighted by atomic mass is 19.1. The molecule has 0 saturated heterocycles. The van der Waals surface area contributed by atoms with E-state index in [4.69, 9.17) is 15.2 Å². The van der Waals surface area contributed by atoms with Gasteiger partial charge in [-0.1, -0.05) is 12.1 Å². The summed E-state index contributed by atoms with van der Waals surface area (Å²) in [6.07, 6.45) is 0. The van der Waals surface area contributed by atoms with Crippen LogP contribution in [-0.4, -0.2) is 12.6 Å². The molecule has 0 saturated carbocycles. The molecular formula is C15H13F2NO3. The van der Waals surface area contributed by atoms with E-state index in [1.807, 2.05) is 0 Å². The molecule has 0 bridgehead atoms. The molecule has 0 aliphatic rings. The van der Waals surface area contributed by atoms with E-state index in [9.17, 15) is 13.6 Å². The van der Waals surface area contributed by atoms with E-state index in [2.05, 4.69) is 0 Å². The van der Waals surface area contributed by atoms with E-state index in [-0.39, 0.29) is 29.4 Å². The Morgan fingerprint density at radius 1 is 1.14 bits per heavy atom. The summed E-state index contributed by atoms with van der Waals surface area (Å²) < 4.78 is 37.3. The monoisotopic (exact) mass is 293 g/mol. The van der Waals surface area contributed by atoms with Crippen molar-refractivity contribution in [2.45, 2.75) is 6.92 Å². The average molecular weight is 293 g/mol. The van der Waals surface area contributed by atoms with Gasteiger partial charge in [-0.05, 0) is 19.1 Å². The van der Waals surface area contributed by atoms with Gasteiger partial charge < -0.3 is 15.2 Å². The van der Waals surface area contributed by atoms with Crippen LogP contribution in [0.15, 0.2) is 36.4 Å². The maximum absolute atomic E-state index is 13.8. The molecule has 0 unspecified atom stereocenters. The van der Waals surface area contributed by atoms with Gasteiger partial charge in [0.05, 0.1) is 12.2 Å². The Hall–Kier alpha value is -2.63. The molecule has 6 heteroatoms. The van der Waals surface area contributed by atoms with E-state index in [0.29, 0.717) is 0 Å². The van der Waals surface area contributed by atoms with E-state index in [0.717, 1.165) is 12.1 Å². The maximum Gasteiger partial charge on any atom is 0.340 e. The minimum Gasteiger partial charge on any atom is -0.462 e. The summed E-state index contributed by atoms with van der Waals surface area (Å²) in [7, 11) is 0. The van der Waals surface area contributed by atoms with E-state index in [1.165, 1.54) is 18.2 Å². The Kier molecular flexibility index (Phi) is 4.37. The third-order valence-electron chi connectivity index (χ3n) is 2.66. The number of esters is 1. The van der Waals surface area contributed by atoms with Gasteiger partial charge in [-0.15, -0.1) is 0 Å². The number of rotatable bonds is 4. The Morgan fingerprint density at radius 3 is 2.52 bits per heavy atom. The molecule has 2 rings (SSSR count). The van der Waals surface area contributed by atoms with E-state index < -0.39 is 17.6 Å². The van der Waals surface area contributed by atoms with Crippen LogP contribution in [0.25, 0.3) is 0 Å². The van der Waals surface area contributed by atoms with Crippen molar-refractivity contribution < 1.29 is 23.0 Å². The number of hydrogen-bond donors (Lipinski definition) is 1. The van der Waals surface area contributed by atoms with Crippen molar-refractivity contribution in [3.63, 3.8) is 0 Å². The van der Waals surface area contributed by atoms with Gasteiger partial charge in [0.1, 0.15) is 0 Å². The molecule has 0 aliphatic heterocycles. The lowest BCUT2D eigenvalue weighted by molar-refractivity contribution is 0.0527. The Morgan fingerprint density at radius 2 is 1.86 bits per heavy atom. The van der Waals surface area contributed by atoms with Crippen molar-refractivity contribution in [2.75, 3.05) is 12.3 Å². The van der Waals surface area contributed by atoms with Gasteiger partial charge in [-0.2, -0.15) is 0 Å². The van der Waals surface area contributed by atoms with Crippen LogP contribution in [-0.2, 0) is 4.74 Å². The van der Waals surface area contributed by atoms with Gasteiger partial charge in [0.2, 0.25) is 0 Å². The fourth-order valence-corrected chi connectivity index (χ4v) is 1.68. The number of anilines is 1. The summed E-state index contributed by atoms with van der Waals surface area (Å²) in [5.74, 6) is -2.61. The predicted molar refractivity (Wildman–Crippen MR) is 73.2 cm³/mol. The molecule has 0 aliphatic carbocycles. The molecule has 0 radical (unpaired) electrons. The van der Waals surface area contributed by atoms with Gasteiger partial charge in [-0.3, -0.25) is 0 Å². The molecule has 110 valence electrons. The highest BCUT2D eigenvalue weighted by molar-refractivity contribution is 5.95. The third-order valence-corrected chi connectivity index (χ3v) is 2.66. The zero-order chi connectivity index (χ0) is 15.4. The van der Waals surface area contributed by atoms with Crippen molar-refractivity contribution in [2.24, 2.45) is 0 Å². The quantitative estimate of drug-likeness (QED) is 0.692. The van der Waals surface area contributed by atoms with Crippen molar-refractivity contribution >= 4 is 11.7 Å². The number of para-hydroxylation sites is 1. The second-order valence-corrected chi connectivity index (χ2v) is 4.12. The number of hydrogen-bond acceptors (Lipinski definition) is 4. The minimum absolute atomic E-state index is 0.0374. The SMILES string of the molecule is CCOC(=O)c1cc(Oc2ccccc2F)c(F)cc1N. The van der Waals surface area contributed by atoms with Crippen LogP contribution in [0.5, 0.6) is 11.5 Å². The lowest BCUT2D eigenvalue weighted by Gasteiger charge is -2.11. The molecule has 4 nitrogen and oxygen atoms in total. The molecular weight excluding hydrogens is 280 g/mol. The van der Waals surface area contributed by atoms with E-state index >= 15 is 0 Å². The fourth-order valence-electron chi connectivity index (χ4n) is 1.68. The molecule has 2 aromatic carbocycles. The van der Waals surface area contributed by atoms with Gasteiger partial charge in [0.15, 0.2) is 23.1 Å².